The number of rotatable bonds is 2. The third-order valence-electron chi connectivity index (χ3n) is 3.96. The SMILES string of the molecule is Cc1ccc(C(=O)Nc2cnc3c(c2)OCC(=O)N3)c2ncccc12. The van der Waals surface area contributed by atoms with Crippen molar-refractivity contribution in [1.29, 1.82) is 0 Å². The molecule has 124 valence electrons. The second-order valence-electron chi connectivity index (χ2n) is 5.69. The molecule has 25 heavy (non-hydrogen) atoms. The van der Waals surface area contributed by atoms with Gasteiger partial charge in [0.2, 0.25) is 0 Å². The zero-order valence-corrected chi connectivity index (χ0v) is 13.4. The first-order valence-corrected chi connectivity index (χ1v) is 7.70. The fourth-order valence-corrected chi connectivity index (χ4v) is 2.73. The van der Waals surface area contributed by atoms with Crippen LogP contribution in [0.15, 0.2) is 42.7 Å². The minimum absolute atomic E-state index is 0.0708. The number of pyridine rings is 2. The summed E-state index contributed by atoms with van der Waals surface area (Å²) < 4.78 is 5.31. The van der Waals surface area contributed by atoms with Crippen LogP contribution in [0.25, 0.3) is 10.9 Å². The minimum Gasteiger partial charge on any atom is -0.480 e. The topological polar surface area (TPSA) is 93.2 Å². The van der Waals surface area contributed by atoms with Gasteiger partial charge in [-0.1, -0.05) is 12.1 Å². The van der Waals surface area contributed by atoms with E-state index in [4.69, 9.17) is 4.74 Å². The molecule has 2 N–H and O–H groups in total. The molecular weight excluding hydrogens is 320 g/mol. The van der Waals surface area contributed by atoms with E-state index >= 15 is 0 Å². The molecule has 0 atom stereocenters. The Morgan fingerprint density at radius 2 is 2.16 bits per heavy atom. The van der Waals surface area contributed by atoms with E-state index in [1.165, 1.54) is 6.20 Å². The van der Waals surface area contributed by atoms with Crippen molar-refractivity contribution in [2.24, 2.45) is 0 Å². The van der Waals surface area contributed by atoms with E-state index in [1.807, 2.05) is 25.1 Å². The second-order valence-corrected chi connectivity index (χ2v) is 5.69. The molecule has 1 aromatic carbocycles. The van der Waals surface area contributed by atoms with Gasteiger partial charge >= 0.3 is 0 Å². The van der Waals surface area contributed by atoms with Crippen LogP contribution in [0.5, 0.6) is 5.75 Å². The van der Waals surface area contributed by atoms with E-state index in [0.29, 0.717) is 28.3 Å². The highest BCUT2D eigenvalue weighted by atomic mass is 16.5. The third kappa shape index (κ3) is 2.76. The van der Waals surface area contributed by atoms with E-state index in [0.717, 1.165) is 10.9 Å². The van der Waals surface area contributed by atoms with Crippen molar-refractivity contribution in [3.8, 4) is 5.75 Å². The fraction of sp³-hybridized carbons (Fsp3) is 0.111. The molecule has 0 aliphatic carbocycles. The molecule has 4 rings (SSSR count). The van der Waals surface area contributed by atoms with E-state index in [1.54, 1.807) is 18.3 Å². The summed E-state index contributed by atoms with van der Waals surface area (Å²) in [5.74, 6) is 0.222. The van der Waals surface area contributed by atoms with Crippen molar-refractivity contribution in [2.75, 3.05) is 17.2 Å². The summed E-state index contributed by atoms with van der Waals surface area (Å²) in [5.41, 5.74) is 2.66. The van der Waals surface area contributed by atoms with Gasteiger partial charge in [-0.3, -0.25) is 14.6 Å². The predicted molar refractivity (Wildman–Crippen MR) is 92.8 cm³/mol. The molecule has 0 saturated carbocycles. The highest BCUT2D eigenvalue weighted by molar-refractivity contribution is 6.12. The Labute approximate surface area is 143 Å². The first-order valence-electron chi connectivity index (χ1n) is 7.70. The first-order chi connectivity index (χ1) is 12.1. The average molecular weight is 334 g/mol. The van der Waals surface area contributed by atoms with Gasteiger partial charge in [0.25, 0.3) is 11.8 Å². The molecule has 0 spiro atoms. The summed E-state index contributed by atoms with van der Waals surface area (Å²) in [6, 6.07) is 9.05. The van der Waals surface area contributed by atoms with Crippen LogP contribution in [0.4, 0.5) is 11.5 Å². The number of carbonyl (C=O) groups excluding carboxylic acids is 2. The highest BCUT2D eigenvalue weighted by Crippen LogP contribution is 2.28. The molecule has 2 aromatic heterocycles. The lowest BCUT2D eigenvalue weighted by molar-refractivity contribution is -0.118. The van der Waals surface area contributed by atoms with Crippen LogP contribution in [0, 0.1) is 6.92 Å². The Kier molecular flexibility index (Phi) is 3.53. The second kappa shape index (κ2) is 5.86. The van der Waals surface area contributed by atoms with E-state index < -0.39 is 0 Å². The zero-order chi connectivity index (χ0) is 17.4. The van der Waals surface area contributed by atoms with Crippen LogP contribution in [0.3, 0.4) is 0 Å². The lowest BCUT2D eigenvalue weighted by Gasteiger charge is -2.17. The number of aromatic nitrogens is 2. The van der Waals surface area contributed by atoms with Crippen molar-refractivity contribution in [3.63, 3.8) is 0 Å². The maximum atomic E-state index is 12.7. The van der Waals surface area contributed by atoms with Crippen molar-refractivity contribution < 1.29 is 14.3 Å². The largest absolute Gasteiger partial charge is 0.480 e. The van der Waals surface area contributed by atoms with Gasteiger partial charge in [0, 0.05) is 17.6 Å². The van der Waals surface area contributed by atoms with Crippen molar-refractivity contribution in [1.82, 2.24) is 9.97 Å². The molecule has 0 radical (unpaired) electrons. The van der Waals surface area contributed by atoms with Gasteiger partial charge in [0.15, 0.2) is 18.2 Å². The van der Waals surface area contributed by atoms with E-state index in [9.17, 15) is 9.59 Å². The quantitative estimate of drug-likeness (QED) is 0.751. The number of anilines is 2. The Hall–Kier alpha value is -3.48. The van der Waals surface area contributed by atoms with Crippen LogP contribution >= 0.6 is 0 Å². The summed E-state index contributed by atoms with van der Waals surface area (Å²) in [6.45, 7) is 1.91. The molecule has 7 nitrogen and oxygen atoms in total. The first kappa shape index (κ1) is 15.1. The van der Waals surface area contributed by atoms with Gasteiger partial charge < -0.3 is 15.4 Å². The number of hydrogen-bond acceptors (Lipinski definition) is 5. The average Bonchev–Trinajstić information content (AvgIpc) is 2.62. The zero-order valence-electron chi connectivity index (χ0n) is 13.4. The van der Waals surface area contributed by atoms with Gasteiger partial charge in [-0.15, -0.1) is 0 Å². The highest BCUT2D eigenvalue weighted by Gasteiger charge is 2.19. The van der Waals surface area contributed by atoms with Gasteiger partial charge in [-0.2, -0.15) is 0 Å². The monoisotopic (exact) mass is 334 g/mol. The molecule has 1 aliphatic rings. The maximum Gasteiger partial charge on any atom is 0.263 e. The Morgan fingerprint density at radius 1 is 1.28 bits per heavy atom. The molecule has 2 amide bonds. The number of ether oxygens (including phenoxy) is 1. The predicted octanol–water partition coefficient (Wildman–Crippen LogP) is 2.52. The van der Waals surface area contributed by atoms with Gasteiger partial charge in [-0.25, -0.2) is 4.98 Å². The molecule has 0 bridgehead atoms. The fourth-order valence-electron chi connectivity index (χ4n) is 2.73. The van der Waals surface area contributed by atoms with Crippen LogP contribution in [0.2, 0.25) is 0 Å². The van der Waals surface area contributed by atoms with Gasteiger partial charge in [0.05, 0.1) is 23.0 Å². The Balaban J connectivity index is 1.65. The van der Waals surface area contributed by atoms with Crippen molar-refractivity contribution in [3.05, 3.63) is 53.9 Å². The number of carbonyl (C=O) groups is 2. The molecule has 1 aliphatic heterocycles. The lowest BCUT2D eigenvalue weighted by atomic mass is 10.0. The molecule has 0 fully saturated rings. The number of aryl methyl sites for hydroxylation is 1. The summed E-state index contributed by atoms with van der Waals surface area (Å²) in [5, 5.41) is 6.34. The maximum absolute atomic E-state index is 12.7. The molecule has 0 unspecified atom stereocenters. The summed E-state index contributed by atoms with van der Waals surface area (Å²) >= 11 is 0. The Morgan fingerprint density at radius 3 is 3.04 bits per heavy atom. The number of nitrogens with one attached hydrogen (secondary N) is 2. The molecule has 3 heterocycles. The smallest absolute Gasteiger partial charge is 0.263 e. The molecule has 3 aromatic rings. The summed E-state index contributed by atoms with van der Waals surface area (Å²) in [7, 11) is 0. The molecular formula is C18H14N4O3. The van der Waals surface area contributed by atoms with Crippen molar-refractivity contribution >= 4 is 34.2 Å². The van der Waals surface area contributed by atoms with Gasteiger partial charge in [-0.05, 0) is 24.6 Å². The van der Waals surface area contributed by atoms with Crippen molar-refractivity contribution in [2.45, 2.75) is 6.92 Å². The van der Waals surface area contributed by atoms with E-state index in [-0.39, 0.29) is 18.4 Å². The lowest BCUT2D eigenvalue weighted by Crippen LogP contribution is -2.26. The number of nitrogens with zero attached hydrogens (tertiary/aromatic N) is 2. The number of hydrogen-bond donors (Lipinski definition) is 2. The number of amides is 2. The minimum atomic E-state index is -0.287. The van der Waals surface area contributed by atoms with E-state index in [2.05, 4.69) is 20.6 Å². The molecule has 0 saturated heterocycles. The van der Waals surface area contributed by atoms with Crippen LogP contribution in [-0.2, 0) is 4.79 Å². The normalized spacial score (nSPS) is 12.9. The summed E-state index contributed by atoms with van der Waals surface area (Å²) in [6.07, 6.45) is 3.13. The number of fused-ring (bicyclic) bond motifs is 2. The third-order valence-corrected chi connectivity index (χ3v) is 3.96. The standard InChI is InChI=1S/C18H14N4O3/c1-10-4-5-13(16-12(10)3-2-6-19-16)18(24)21-11-7-14-17(20-8-11)22-15(23)9-25-14/h2-8H,9H2,1H3,(H,21,24)(H,20,22,23). The summed E-state index contributed by atoms with van der Waals surface area (Å²) in [4.78, 5) is 32.4. The number of benzene rings is 1. The van der Waals surface area contributed by atoms with Gasteiger partial charge in [0.1, 0.15) is 0 Å². The van der Waals surface area contributed by atoms with Crippen LogP contribution < -0.4 is 15.4 Å². The Bertz CT molecular complexity index is 1020. The van der Waals surface area contributed by atoms with Crippen LogP contribution in [-0.4, -0.2) is 28.4 Å². The van der Waals surface area contributed by atoms with Crippen LogP contribution in [0.1, 0.15) is 15.9 Å². The molecule has 7 heteroatoms.